The first-order chi connectivity index (χ1) is 10.9. The molecule has 22 heavy (non-hydrogen) atoms. The van der Waals surface area contributed by atoms with E-state index in [1.54, 1.807) is 0 Å². The minimum atomic E-state index is 0.357. The summed E-state index contributed by atoms with van der Waals surface area (Å²) in [5.41, 5.74) is 2.08. The van der Waals surface area contributed by atoms with Crippen molar-refractivity contribution in [2.75, 3.05) is 19.6 Å². The molecule has 4 rings (SSSR count). The molecule has 2 atom stereocenters. The Morgan fingerprint density at radius 2 is 2.23 bits per heavy atom. The molecule has 2 saturated heterocycles. The van der Waals surface area contributed by atoms with Gasteiger partial charge in [-0.3, -0.25) is 14.8 Å². The Morgan fingerprint density at radius 3 is 3.05 bits per heavy atom. The summed E-state index contributed by atoms with van der Waals surface area (Å²) in [6.45, 7) is 5.64. The molecule has 2 aliphatic rings. The van der Waals surface area contributed by atoms with E-state index in [9.17, 15) is 0 Å². The fourth-order valence-electron chi connectivity index (χ4n) is 4.04. The van der Waals surface area contributed by atoms with Crippen LogP contribution < -0.4 is 5.32 Å². The molecular formula is C17H25N5. The van der Waals surface area contributed by atoms with Crippen molar-refractivity contribution in [1.29, 1.82) is 0 Å². The van der Waals surface area contributed by atoms with Crippen LogP contribution in [-0.2, 0) is 0 Å². The predicted octanol–water partition coefficient (Wildman–Crippen LogP) is 2.86. The Morgan fingerprint density at radius 1 is 1.27 bits per heavy atom. The summed E-state index contributed by atoms with van der Waals surface area (Å²) in [6.07, 6.45) is 8.48. The molecule has 2 aliphatic heterocycles. The van der Waals surface area contributed by atoms with Gasteiger partial charge in [0.15, 0.2) is 5.65 Å². The third-order valence-corrected chi connectivity index (χ3v) is 5.14. The average Bonchev–Trinajstić information content (AvgIpc) is 3.21. The summed E-state index contributed by atoms with van der Waals surface area (Å²) in [5, 5.41) is 3.63. The van der Waals surface area contributed by atoms with Gasteiger partial charge in [-0.25, -0.2) is 9.97 Å². The molecule has 0 aliphatic carbocycles. The van der Waals surface area contributed by atoms with Gasteiger partial charge in [0.05, 0.1) is 12.2 Å². The van der Waals surface area contributed by atoms with Crippen LogP contribution in [0.5, 0.6) is 0 Å². The van der Waals surface area contributed by atoms with Crippen molar-refractivity contribution in [2.45, 2.75) is 51.2 Å². The normalized spacial score (nSPS) is 26.8. The van der Waals surface area contributed by atoms with Gasteiger partial charge < -0.3 is 0 Å². The summed E-state index contributed by atoms with van der Waals surface area (Å²) >= 11 is 0. The van der Waals surface area contributed by atoms with Gasteiger partial charge in [0.25, 0.3) is 0 Å². The largest absolute Gasteiger partial charge is 0.297 e. The van der Waals surface area contributed by atoms with Crippen LogP contribution in [-0.4, -0.2) is 39.1 Å². The van der Waals surface area contributed by atoms with Crippen LogP contribution in [0.2, 0.25) is 0 Å². The van der Waals surface area contributed by atoms with Gasteiger partial charge >= 0.3 is 0 Å². The molecule has 2 fully saturated rings. The van der Waals surface area contributed by atoms with Crippen LogP contribution >= 0.6 is 0 Å². The molecule has 5 heteroatoms. The number of piperidine rings is 1. The summed E-state index contributed by atoms with van der Waals surface area (Å²) in [6, 6.07) is 4.52. The highest BCUT2D eigenvalue weighted by Crippen LogP contribution is 2.34. The quantitative estimate of drug-likeness (QED) is 0.946. The molecule has 0 spiro atoms. The van der Waals surface area contributed by atoms with Crippen molar-refractivity contribution in [1.82, 2.24) is 24.8 Å². The Hall–Kier alpha value is -1.46. The van der Waals surface area contributed by atoms with Gasteiger partial charge in [-0.15, -0.1) is 0 Å². The summed E-state index contributed by atoms with van der Waals surface area (Å²) in [4.78, 5) is 12.2. The lowest BCUT2D eigenvalue weighted by Crippen LogP contribution is -2.36. The Kier molecular flexibility index (Phi) is 3.84. The van der Waals surface area contributed by atoms with Crippen LogP contribution in [0.15, 0.2) is 18.3 Å². The second-order valence-corrected chi connectivity index (χ2v) is 6.44. The fraction of sp³-hybridized carbons (Fsp3) is 0.647. The van der Waals surface area contributed by atoms with Crippen LogP contribution in [0, 0.1) is 0 Å². The maximum absolute atomic E-state index is 5.00. The molecule has 118 valence electrons. The molecule has 2 aromatic rings. The molecule has 4 heterocycles. The van der Waals surface area contributed by atoms with E-state index in [0.29, 0.717) is 12.2 Å². The Bertz CT molecular complexity index is 644. The summed E-state index contributed by atoms with van der Waals surface area (Å²) in [5.74, 6) is 1.22. The highest BCUT2D eigenvalue weighted by molar-refractivity contribution is 5.71. The molecule has 0 amide bonds. The average molecular weight is 299 g/mol. The van der Waals surface area contributed by atoms with E-state index in [0.717, 1.165) is 24.3 Å². The van der Waals surface area contributed by atoms with Crippen molar-refractivity contribution >= 4 is 11.2 Å². The van der Waals surface area contributed by atoms with E-state index in [-0.39, 0.29) is 0 Å². The molecule has 2 unspecified atom stereocenters. The topological polar surface area (TPSA) is 46.0 Å². The van der Waals surface area contributed by atoms with E-state index in [1.807, 2.05) is 12.3 Å². The van der Waals surface area contributed by atoms with E-state index >= 15 is 0 Å². The zero-order valence-corrected chi connectivity index (χ0v) is 13.3. The lowest BCUT2D eigenvalue weighted by atomic mass is 10.0. The van der Waals surface area contributed by atoms with Gasteiger partial charge in [0.1, 0.15) is 11.3 Å². The maximum atomic E-state index is 5.00. The number of likely N-dealkylation sites (tertiary alicyclic amines) is 1. The van der Waals surface area contributed by atoms with E-state index in [4.69, 9.17) is 4.98 Å². The number of aromatic nitrogens is 3. The van der Waals surface area contributed by atoms with Crippen molar-refractivity contribution in [3.63, 3.8) is 0 Å². The molecule has 0 bridgehead atoms. The van der Waals surface area contributed by atoms with E-state index in [2.05, 4.69) is 32.8 Å². The van der Waals surface area contributed by atoms with Crippen molar-refractivity contribution < 1.29 is 0 Å². The molecule has 5 nitrogen and oxygen atoms in total. The summed E-state index contributed by atoms with van der Waals surface area (Å²) in [7, 11) is 0. The smallest absolute Gasteiger partial charge is 0.161 e. The Labute approximate surface area is 131 Å². The van der Waals surface area contributed by atoms with E-state index < -0.39 is 0 Å². The van der Waals surface area contributed by atoms with Crippen molar-refractivity contribution in [3.8, 4) is 0 Å². The second kappa shape index (κ2) is 5.97. The maximum Gasteiger partial charge on any atom is 0.161 e. The summed E-state index contributed by atoms with van der Waals surface area (Å²) < 4.78 is 2.39. The molecular weight excluding hydrogens is 274 g/mol. The highest BCUT2D eigenvalue weighted by Gasteiger charge is 2.31. The molecule has 0 aromatic carbocycles. The van der Waals surface area contributed by atoms with Crippen LogP contribution in [0.25, 0.3) is 11.2 Å². The standard InChI is InChI=1S/C17H25N5/c1-2-21-12-4-3-8-14(21)17-20-13-7-5-11-19-16(13)22(17)15-9-6-10-18-15/h5,7,11,14-15,18H,2-4,6,8-10,12H2,1H3. The number of hydrogen-bond donors (Lipinski definition) is 1. The van der Waals surface area contributed by atoms with Gasteiger partial charge in [0.2, 0.25) is 0 Å². The van der Waals surface area contributed by atoms with E-state index in [1.165, 1.54) is 44.5 Å². The Balaban J connectivity index is 1.83. The second-order valence-electron chi connectivity index (χ2n) is 6.44. The number of imidazole rings is 1. The van der Waals surface area contributed by atoms with Crippen molar-refractivity contribution in [3.05, 3.63) is 24.2 Å². The number of pyridine rings is 1. The lowest BCUT2D eigenvalue weighted by molar-refractivity contribution is 0.145. The molecule has 1 N–H and O–H groups in total. The first kappa shape index (κ1) is 14.2. The number of nitrogens with zero attached hydrogens (tertiary/aromatic N) is 4. The van der Waals surface area contributed by atoms with Gasteiger partial charge in [-0.2, -0.15) is 0 Å². The molecule has 0 saturated carbocycles. The monoisotopic (exact) mass is 299 g/mol. The van der Waals surface area contributed by atoms with Crippen LogP contribution in [0.3, 0.4) is 0 Å². The third-order valence-electron chi connectivity index (χ3n) is 5.14. The fourth-order valence-corrected chi connectivity index (χ4v) is 4.04. The first-order valence-electron chi connectivity index (χ1n) is 8.68. The SMILES string of the molecule is CCN1CCCCC1c1nc2cccnc2n1C1CCCN1. The van der Waals surface area contributed by atoms with Crippen molar-refractivity contribution in [2.24, 2.45) is 0 Å². The van der Waals surface area contributed by atoms with Gasteiger partial charge in [-0.1, -0.05) is 13.3 Å². The molecule has 0 radical (unpaired) electrons. The lowest BCUT2D eigenvalue weighted by Gasteiger charge is -2.35. The molecule has 2 aromatic heterocycles. The highest BCUT2D eigenvalue weighted by atomic mass is 15.3. The minimum Gasteiger partial charge on any atom is -0.297 e. The number of fused-ring (bicyclic) bond motifs is 1. The zero-order chi connectivity index (χ0) is 14.9. The predicted molar refractivity (Wildman–Crippen MR) is 87.6 cm³/mol. The van der Waals surface area contributed by atoms with Gasteiger partial charge in [-0.05, 0) is 57.5 Å². The number of nitrogens with one attached hydrogen (secondary N) is 1. The van der Waals surface area contributed by atoms with Crippen LogP contribution in [0.1, 0.15) is 57.1 Å². The first-order valence-corrected chi connectivity index (χ1v) is 8.68. The number of rotatable bonds is 3. The van der Waals surface area contributed by atoms with Crippen LogP contribution in [0.4, 0.5) is 0 Å². The van der Waals surface area contributed by atoms with Gasteiger partial charge in [0, 0.05) is 6.20 Å². The third kappa shape index (κ3) is 2.32. The minimum absolute atomic E-state index is 0.357. The number of hydrogen-bond acceptors (Lipinski definition) is 4. The zero-order valence-electron chi connectivity index (χ0n) is 13.3.